The van der Waals surface area contributed by atoms with Gasteiger partial charge in [-0.25, -0.2) is 0 Å². The Balaban J connectivity index is 0. The molecule has 0 aliphatic heterocycles. The van der Waals surface area contributed by atoms with Gasteiger partial charge in [-0.05, 0) is 6.92 Å². The van der Waals surface area contributed by atoms with E-state index in [4.69, 9.17) is 5.11 Å². The van der Waals surface area contributed by atoms with Crippen molar-refractivity contribution in [1.82, 2.24) is 0 Å². The quantitative estimate of drug-likeness (QED) is 0.354. The SMILES string of the molecule is C#CCO.COC(=O)CC(C)=O. The van der Waals surface area contributed by atoms with E-state index < -0.39 is 5.97 Å². The molecule has 0 aromatic heterocycles. The van der Waals surface area contributed by atoms with E-state index >= 15 is 0 Å². The molecule has 12 heavy (non-hydrogen) atoms. The molecule has 0 rings (SSSR count). The van der Waals surface area contributed by atoms with Crippen LogP contribution in [0, 0.1) is 12.3 Å². The van der Waals surface area contributed by atoms with Crippen LogP contribution in [0.25, 0.3) is 0 Å². The summed E-state index contributed by atoms with van der Waals surface area (Å²) in [7, 11) is 1.26. The molecular formula is C8H12O4. The fraction of sp³-hybridized carbons (Fsp3) is 0.500. The first-order chi connectivity index (χ1) is 5.58. The van der Waals surface area contributed by atoms with Crippen LogP contribution in [-0.4, -0.2) is 30.6 Å². The van der Waals surface area contributed by atoms with Crippen LogP contribution in [0.3, 0.4) is 0 Å². The summed E-state index contributed by atoms with van der Waals surface area (Å²) in [6.45, 7) is 1.19. The van der Waals surface area contributed by atoms with Gasteiger partial charge in [-0.1, -0.05) is 5.92 Å². The average Bonchev–Trinajstić information content (AvgIpc) is 2.04. The molecule has 0 radical (unpaired) electrons. The van der Waals surface area contributed by atoms with Gasteiger partial charge in [-0.2, -0.15) is 0 Å². The number of carbonyl (C=O) groups excluding carboxylic acids is 2. The Morgan fingerprint density at radius 3 is 2.08 bits per heavy atom. The van der Waals surface area contributed by atoms with Crippen molar-refractivity contribution < 1.29 is 19.4 Å². The number of aliphatic hydroxyl groups excluding tert-OH is 1. The van der Waals surface area contributed by atoms with Crippen molar-refractivity contribution in [3.63, 3.8) is 0 Å². The summed E-state index contributed by atoms with van der Waals surface area (Å²) in [5.41, 5.74) is 0. The van der Waals surface area contributed by atoms with Crippen LogP contribution in [0.15, 0.2) is 0 Å². The zero-order valence-electron chi connectivity index (χ0n) is 7.16. The maximum Gasteiger partial charge on any atom is 0.313 e. The fourth-order valence-corrected chi connectivity index (χ4v) is 0.275. The summed E-state index contributed by atoms with van der Waals surface area (Å²) < 4.78 is 4.20. The van der Waals surface area contributed by atoms with Gasteiger partial charge in [0.15, 0.2) is 0 Å². The number of hydrogen-bond acceptors (Lipinski definition) is 4. The molecule has 0 aromatic rings. The van der Waals surface area contributed by atoms with E-state index in [1.54, 1.807) is 0 Å². The Kier molecular flexibility index (Phi) is 10.7. The Bertz CT molecular complexity index is 178. The molecular weight excluding hydrogens is 160 g/mol. The van der Waals surface area contributed by atoms with Crippen molar-refractivity contribution in [2.75, 3.05) is 13.7 Å². The summed E-state index contributed by atoms with van der Waals surface area (Å²) in [4.78, 5) is 20.3. The molecule has 0 amide bonds. The number of rotatable bonds is 2. The molecule has 0 aliphatic carbocycles. The second-order valence-corrected chi connectivity index (χ2v) is 1.82. The third-order valence-corrected chi connectivity index (χ3v) is 0.712. The number of terminal acetylenes is 1. The predicted molar refractivity (Wildman–Crippen MR) is 43.2 cm³/mol. The minimum Gasteiger partial charge on any atom is -0.469 e. The number of methoxy groups -OCH3 is 1. The van der Waals surface area contributed by atoms with E-state index in [9.17, 15) is 9.59 Å². The van der Waals surface area contributed by atoms with Gasteiger partial charge >= 0.3 is 5.97 Å². The number of ether oxygens (including phenoxy) is 1. The number of Topliss-reactive ketones (excluding diaryl/α,β-unsaturated/α-hetero) is 1. The lowest BCUT2D eigenvalue weighted by atomic mass is 10.3. The van der Waals surface area contributed by atoms with E-state index in [-0.39, 0.29) is 18.8 Å². The first-order valence-corrected chi connectivity index (χ1v) is 3.19. The van der Waals surface area contributed by atoms with Crippen molar-refractivity contribution in [3.8, 4) is 12.3 Å². The molecule has 4 nitrogen and oxygen atoms in total. The highest BCUT2D eigenvalue weighted by molar-refractivity contribution is 5.93. The first-order valence-electron chi connectivity index (χ1n) is 3.19. The Morgan fingerprint density at radius 1 is 1.58 bits per heavy atom. The molecule has 0 aliphatic rings. The third-order valence-electron chi connectivity index (χ3n) is 0.712. The van der Waals surface area contributed by atoms with Gasteiger partial charge in [0.1, 0.15) is 18.8 Å². The summed E-state index contributed by atoms with van der Waals surface area (Å²) in [6, 6.07) is 0. The minimum atomic E-state index is -0.475. The normalized spacial score (nSPS) is 7.17. The lowest BCUT2D eigenvalue weighted by Crippen LogP contribution is -2.05. The number of carbonyl (C=O) groups is 2. The van der Waals surface area contributed by atoms with Gasteiger partial charge in [0, 0.05) is 0 Å². The molecule has 0 atom stereocenters. The smallest absolute Gasteiger partial charge is 0.313 e. The number of aliphatic hydroxyl groups is 1. The molecule has 0 bridgehead atoms. The molecule has 0 saturated heterocycles. The first kappa shape index (κ1) is 13.3. The predicted octanol–water partition coefficient (Wildman–Crippen LogP) is -0.250. The third kappa shape index (κ3) is 15.9. The minimum absolute atomic E-state index is 0.115. The summed E-state index contributed by atoms with van der Waals surface area (Å²) in [5.74, 6) is 1.34. The molecule has 0 fully saturated rings. The molecule has 4 heteroatoms. The molecule has 0 aromatic carbocycles. The van der Waals surface area contributed by atoms with Crippen LogP contribution in [0.1, 0.15) is 13.3 Å². The van der Waals surface area contributed by atoms with Crippen molar-refractivity contribution >= 4 is 11.8 Å². The van der Waals surface area contributed by atoms with Gasteiger partial charge in [-0.3, -0.25) is 9.59 Å². The van der Waals surface area contributed by atoms with Gasteiger partial charge in [0.05, 0.1) is 7.11 Å². The Morgan fingerprint density at radius 2 is 2.00 bits per heavy atom. The van der Waals surface area contributed by atoms with Crippen LogP contribution in [0.4, 0.5) is 0 Å². The number of ketones is 1. The summed E-state index contributed by atoms with van der Waals surface area (Å²) >= 11 is 0. The molecule has 0 spiro atoms. The van der Waals surface area contributed by atoms with E-state index in [0.717, 1.165) is 0 Å². The van der Waals surface area contributed by atoms with Gasteiger partial charge in [-0.15, -0.1) is 6.42 Å². The molecule has 0 heterocycles. The van der Waals surface area contributed by atoms with Crippen LogP contribution in [0.5, 0.6) is 0 Å². The molecule has 68 valence electrons. The van der Waals surface area contributed by atoms with E-state index in [2.05, 4.69) is 11.2 Å². The topological polar surface area (TPSA) is 63.6 Å². The highest BCUT2D eigenvalue weighted by Gasteiger charge is 2.01. The second kappa shape index (κ2) is 9.66. The van der Waals surface area contributed by atoms with Crippen LogP contribution in [-0.2, 0) is 14.3 Å². The monoisotopic (exact) mass is 172 g/mol. The highest BCUT2D eigenvalue weighted by atomic mass is 16.5. The standard InChI is InChI=1S/C5H8O3.C3H4O/c1-4(6)3-5(7)8-2;1-2-3-4/h3H2,1-2H3;1,4H,3H2. The number of hydrogen-bond donors (Lipinski definition) is 1. The lowest BCUT2D eigenvalue weighted by Gasteiger charge is -1.90. The van der Waals surface area contributed by atoms with E-state index in [1.807, 2.05) is 5.92 Å². The van der Waals surface area contributed by atoms with Crippen molar-refractivity contribution in [1.29, 1.82) is 0 Å². The van der Waals surface area contributed by atoms with Crippen molar-refractivity contribution in [3.05, 3.63) is 0 Å². The molecule has 1 N–H and O–H groups in total. The van der Waals surface area contributed by atoms with Gasteiger partial charge in [0.2, 0.25) is 0 Å². The van der Waals surface area contributed by atoms with Crippen LogP contribution in [0.2, 0.25) is 0 Å². The Hall–Kier alpha value is -1.34. The maximum atomic E-state index is 10.2. The largest absolute Gasteiger partial charge is 0.469 e. The Labute approximate surface area is 71.5 Å². The molecule has 0 saturated carbocycles. The lowest BCUT2D eigenvalue weighted by molar-refractivity contribution is -0.142. The van der Waals surface area contributed by atoms with Gasteiger partial charge in [0.25, 0.3) is 0 Å². The van der Waals surface area contributed by atoms with Crippen LogP contribution >= 0.6 is 0 Å². The van der Waals surface area contributed by atoms with Crippen LogP contribution < -0.4 is 0 Å². The average molecular weight is 172 g/mol. The molecule has 0 unspecified atom stereocenters. The van der Waals surface area contributed by atoms with E-state index in [1.165, 1.54) is 14.0 Å². The van der Waals surface area contributed by atoms with E-state index in [0.29, 0.717) is 0 Å². The maximum absolute atomic E-state index is 10.2. The zero-order chi connectivity index (χ0) is 9.98. The fourth-order valence-electron chi connectivity index (χ4n) is 0.275. The van der Waals surface area contributed by atoms with Crippen molar-refractivity contribution in [2.24, 2.45) is 0 Å². The van der Waals surface area contributed by atoms with Crippen molar-refractivity contribution in [2.45, 2.75) is 13.3 Å². The number of esters is 1. The zero-order valence-corrected chi connectivity index (χ0v) is 7.16. The summed E-state index contributed by atoms with van der Waals surface area (Å²) in [6.07, 6.45) is 4.41. The summed E-state index contributed by atoms with van der Waals surface area (Å²) in [5, 5.41) is 7.64. The highest BCUT2D eigenvalue weighted by Crippen LogP contribution is 1.83. The second-order valence-electron chi connectivity index (χ2n) is 1.82. The van der Waals surface area contributed by atoms with Gasteiger partial charge < -0.3 is 9.84 Å².